The van der Waals surface area contributed by atoms with Crippen LogP contribution in [0.2, 0.25) is 0 Å². The number of phenolic OH excluding ortho intramolecular Hbond substituents is 1. The maximum atomic E-state index is 11.9. The number of aromatic hydroxyl groups is 1. The van der Waals surface area contributed by atoms with Gasteiger partial charge in [-0.2, -0.15) is 13.2 Å². The zero-order valence-electron chi connectivity index (χ0n) is 9.34. The maximum absolute atomic E-state index is 11.9. The summed E-state index contributed by atoms with van der Waals surface area (Å²) in [5.41, 5.74) is 0.920. The second-order valence-electron chi connectivity index (χ2n) is 3.90. The Bertz CT molecular complexity index is 326. The van der Waals surface area contributed by atoms with E-state index in [9.17, 15) is 13.2 Å². The summed E-state index contributed by atoms with van der Waals surface area (Å²) in [6.45, 7) is 0.894. The molecule has 1 rings (SSSR count). The third-order valence-electron chi connectivity index (χ3n) is 2.25. The second-order valence-corrected chi connectivity index (χ2v) is 3.90. The van der Waals surface area contributed by atoms with Crippen molar-refractivity contribution >= 4 is 0 Å². The van der Waals surface area contributed by atoms with Crippen molar-refractivity contribution in [3.05, 3.63) is 29.8 Å². The van der Waals surface area contributed by atoms with Crippen molar-refractivity contribution in [2.24, 2.45) is 0 Å². The molecule has 0 bridgehead atoms. The Hall–Kier alpha value is -0.940. The number of quaternary nitrogens is 1. The van der Waals surface area contributed by atoms with Crippen molar-refractivity contribution in [2.45, 2.75) is 25.6 Å². The lowest BCUT2D eigenvalue weighted by Gasteiger charge is -2.12. The van der Waals surface area contributed by atoms with Crippen LogP contribution in [0.4, 0.5) is 13.2 Å². The van der Waals surface area contributed by atoms with Crippen LogP contribution >= 0.6 is 0 Å². The molecule has 0 radical (unpaired) electrons. The van der Waals surface area contributed by atoms with Crippen LogP contribution in [0.15, 0.2) is 24.3 Å². The molecule has 0 aliphatic carbocycles. The molecule has 0 saturated heterocycles. The average Bonchev–Trinajstić information content (AvgIpc) is 2.18. The fourth-order valence-corrected chi connectivity index (χ4v) is 1.42. The summed E-state index contributed by atoms with van der Waals surface area (Å²) >= 11 is 0. The predicted molar refractivity (Wildman–Crippen MR) is 54.1 cm³/mol. The molecular weight excluding hydrogens is 255 g/mol. The lowest BCUT2D eigenvalue weighted by atomic mass is 10.1. The fourth-order valence-electron chi connectivity index (χ4n) is 1.42. The highest BCUT2D eigenvalue weighted by Crippen LogP contribution is 2.12. The maximum Gasteiger partial charge on any atom is 0.438 e. The first kappa shape index (κ1) is 16.1. The Morgan fingerprint density at radius 1 is 1.24 bits per heavy atom. The highest BCUT2D eigenvalue weighted by atomic mass is 35.5. The van der Waals surface area contributed by atoms with Crippen molar-refractivity contribution in [1.29, 1.82) is 0 Å². The molecule has 0 aliphatic rings. The number of hydrogen-bond donors (Lipinski definition) is 2. The molecule has 1 aromatic rings. The van der Waals surface area contributed by atoms with Gasteiger partial charge in [0.1, 0.15) is 5.75 Å². The summed E-state index contributed by atoms with van der Waals surface area (Å²) in [6, 6.07) is 6.36. The summed E-state index contributed by atoms with van der Waals surface area (Å²) in [5.74, 6) is 0.163. The smallest absolute Gasteiger partial charge is 0.438 e. The van der Waals surface area contributed by atoms with E-state index >= 15 is 0 Å². The van der Waals surface area contributed by atoms with Crippen LogP contribution in [0.1, 0.15) is 12.5 Å². The van der Waals surface area contributed by atoms with E-state index in [1.54, 1.807) is 19.1 Å². The normalized spacial score (nSPS) is 12.9. The molecule has 0 aliphatic heterocycles. The first-order valence-electron chi connectivity index (χ1n) is 5.05. The molecule has 0 amide bonds. The third kappa shape index (κ3) is 7.07. The van der Waals surface area contributed by atoms with Crippen LogP contribution in [0.25, 0.3) is 0 Å². The molecule has 6 heteroatoms. The predicted octanol–water partition coefficient (Wildman–Crippen LogP) is -1.55. The first-order chi connectivity index (χ1) is 7.37. The van der Waals surface area contributed by atoms with E-state index < -0.39 is 12.7 Å². The topological polar surface area (TPSA) is 36.8 Å². The van der Waals surface area contributed by atoms with E-state index in [1.165, 1.54) is 17.4 Å². The van der Waals surface area contributed by atoms with E-state index in [-0.39, 0.29) is 24.2 Å². The number of phenols is 1. The minimum atomic E-state index is -4.12. The molecule has 0 spiro atoms. The quantitative estimate of drug-likeness (QED) is 0.683. The Kier molecular flexibility index (Phi) is 6.34. The lowest BCUT2D eigenvalue weighted by molar-refractivity contribution is -0.704. The summed E-state index contributed by atoms with van der Waals surface area (Å²) < 4.78 is 35.8. The molecular formula is C11H15ClF3NO. The standard InChI is InChI=1S/C11H14F3NO.ClH/c1-8(15-7-11(12,13)14)6-9-2-4-10(16)5-3-9;/h2-5,8,15-16H,6-7H2,1H3;1H. The fraction of sp³-hybridized carbons (Fsp3) is 0.455. The zero-order valence-corrected chi connectivity index (χ0v) is 10.1. The summed E-state index contributed by atoms with van der Waals surface area (Å²) in [7, 11) is 0. The van der Waals surface area contributed by atoms with Crippen LogP contribution < -0.4 is 17.7 Å². The van der Waals surface area contributed by atoms with Gasteiger partial charge >= 0.3 is 6.18 Å². The second kappa shape index (κ2) is 6.71. The van der Waals surface area contributed by atoms with Crippen LogP contribution in [-0.2, 0) is 6.42 Å². The lowest BCUT2D eigenvalue weighted by Crippen LogP contribution is -3.00. The number of halogens is 4. The summed E-state index contributed by atoms with van der Waals surface area (Å²) in [5, 5.41) is 10.3. The van der Waals surface area contributed by atoms with E-state index in [1.807, 2.05) is 0 Å². The molecule has 0 aromatic heterocycles. The number of nitrogens with two attached hydrogens (primary N) is 1. The highest BCUT2D eigenvalue weighted by Gasteiger charge is 2.30. The number of hydrogen-bond acceptors (Lipinski definition) is 1. The summed E-state index contributed by atoms with van der Waals surface area (Å²) in [6.07, 6.45) is -3.57. The Morgan fingerprint density at radius 3 is 2.24 bits per heavy atom. The van der Waals surface area contributed by atoms with Gasteiger partial charge in [0.25, 0.3) is 0 Å². The molecule has 3 N–H and O–H groups in total. The minimum Gasteiger partial charge on any atom is -1.00 e. The van der Waals surface area contributed by atoms with E-state index in [0.29, 0.717) is 6.42 Å². The van der Waals surface area contributed by atoms with Crippen molar-refractivity contribution in [3.63, 3.8) is 0 Å². The number of benzene rings is 1. The van der Waals surface area contributed by atoms with Gasteiger partial charge < -0.3 is 22.8 Å². The van der Waals surface area contributed by atoms with Gasteiger partial charge in [-0.3, -0.25) is 0 Å². The average molecular weight is 270 g/mol. The Balaban J connectivity index is 0.00000256. The molecule has 98 valence electrons. The third-order valence-corrected chi connectivity index (χ3v) is 2.25. The Labute approximate surface area is 104 Å². The molecule has 17 heavy (non-hydrogen) atoms. The van der Waals surface area contributed by atoms with Gasteiger partial charge in [-0.1, -0.05) is 12.1 Å². The first-order valence-corrected chi connectivity index (χ1v) is 5.05. The summed E-state index contributed by atoms with van der Waals surface area (Å²) in [4.78, 5) is 0. The zero-order chi connectivity index (χ0) is 12.2. The minimum absolute atomic E-state index is 0. The molecule has 1 atom stereocenters. The Morgan fingerprint density at radius 2 is 1.76 bits per heavy atom. The van der Waals surface area contributed by atoms with Gasteiger partial charge in [-0.25, -0.2) is 0 Å². The number of rotatable bonds is 4. The van der Waals surface area contributed by atoms with E-state index in [0.717, 1.165) is 5.56 Å². The van der Waals surface area contributed by atoms with E-state index in [2.05, 4.69) is 0 Å². The highest BCUT2D eigenvalue weighted by molar-refractivity contribution is 5.26. The van der Waals surface area contributed by atoms with Crippen molar-refractivity contribution in [3.8, 4) is 5.75 Å². The SMILES string of the molecule is CC(Cc1ccc(O)cc1)[NH2+]CC(F)(F)F.[Cl-]. The van der Waals surface area contributed by atoms with Gasteiger partial charge in [0.15, 0.2) is 6.54 Å². The van der Waals surface area contributed by atoms with Gasteiger partial charge in [-0.15, -0.1) is 0 Å². The van der Waals surface area contributed by atoms with Crippen LogP contribution in [0.5, 0.6) is 5.75 Å². The van der Waals surface area contributed by atoms with Gasteiger partial charge in [0, 0.05) is 6.42 Å². The molecule has 2 nitrogen and oxygen atoms in total. The molecule has 0 fully saturated rings. The van der Waals surface area contributed by atoms with Gasteiger partial charge in [0.2, 0.25) is 0 Å². The largest absolute Gasteiger partial charge is 1.00 e. The van der Waals surface area contributed by atoms with Crippen molar-refractivity contribution in [2.75, 3.05) is 6.54 Å². The monoisotopic (exact) mass is 269 g/mol. The number of alkyl halides is 3. The molecule has 0 heterocycles. The molecule has 1 aromatic carbocycles. The van der Waals surface area contributed by atoms with Crippen molar-refractivity contribution in [1.82, 2.24) is 0 Å². The van der Waals surface area contributed by atoms with Gasteiger partial charge in [-0.05, 0) is 24.6 Å². The van der Waals surface area contributed by atoms with E-state index in [4.69, 9.17) is 5.11 Å². The molecule has 0 saturated carbocycles. The van der Waals surface area contributed by atoms with Crippen molar-refractivity contribution < 1.29 is 36.0 Å². The van der Waals surface area contributed by atoms with Crippen LogP contribution in [0, 0.1) is 0 Å². The van der Waals surface area contributed by atoms with Crippen LogP contribution in [-0.4, -0.2) is 23.9 Å². The van der Waals surface area contributed by atoms with Crippen LogP contribution in [0.3, 0.4) is 0 Å². The molecule has 1 unspecified atom stereocenters. The van der Waals surface area contributed by atoms with Gasteiger partial charge in [0.05, 0.1) is 6.04 Å².